The molecule has 3 nitrogen and oxygen atoms in total. The van der Waals surface area contributed by atoms with E-state index in [-0.39, 0.29) is 11.1 Å². The van der Waals surface area contributed by atoms with Gasteiger partial charge in [0.05, 0.1) is 4.91 Å². The van der Waals surface area contributed by atoms with Crippen LogP contribution < -0.4 is 5.32 Å². The van der Waals surface area contributed by atoms with E-state index in [0.717, 1.165) is 18.2 Å². The number of carbonyl (C=O) groups excluding carboxylic acids is 2. The summed E-state index contributed by atoms with van der Waals surface area (Å²) in [6.07, 6.45) is 2.52. The van der Waals surface area contributed by atoms with E-state index < -0.39 is 0 Å². The summed E-state index contributed by atoms with van der Waals surface area (Å²) in [6, 6.07) is 0. The van der Waals surface area contributed by atoms with Crippen molar-refractivity contribution < 1.29 is 9.59 Å². The van der Waals surface area contributed by atoms with Crippen molar-refractivity contribution in [3.05, 3.63) is 11.0 Å². The van der Waals surface area contributed by atoms with Crippen molar-refractivity contribution >= 4 is 22.9 Å². The Morgan fingerprint density at radius 3 is 2.70 bits per heavy atom. The zero-order valence-electron chi connectivity index (χ0n) is 5.51. The van der Waals surface area contributed by atoms with E-state index in [1.807, 2.05) is 6.92 Å². The predicted octanol–water partition coefficient (Wildman–Crippen LogP) is 1.26. The van der Waals surface area contributed by atoms with E-state index in [2.05, 4.69) is 5.32 Å². The molecule has 0 aromatic heterocycles. The van der Waals surface area contributed by atoms with Gasteiger partial charge in [-0.25, -0.2) is 0 Å². The van der Waals surface area contributed by atoms with Crippen LogP contribution >= 0.6 is 11.8 Å². The minimum absolute atomic E-state index is 0.267. The van der Waals surface area contributed by atoms with E-state index in [4.69, 9.17) is 0 Å². The quantitative estimate of drug-likeness (QED) is 0.583. The zero-order valence-corrected chi connectivity index (χ0v) is 6.33. The highest BCUT2D eigenvalue weighted by Gasteiger charge is 2.23. The third-order valence-electron chi connectivity index (χ3n) is 1.03. The van der Waals surface area contributed by atoms with Gasteiger partial charge in [0, 0.05) is 0 Å². The highest BCUT2D eigenvalue weighted by Crippen LogP contribution is 2.22. The fraction of sp³-hybridized carbons (Fsp3) is 0.333. The van der Waals surface area contributed by atoms with Gasteiger partial charge in [0.1, 0.15) is 0 Å². The van der Waals surface area contributed by atoms with Crippen LogP contribution in [0.2, 0.25) is 0 Å². The number of carbonyl (C=O) groups is 2. The minimum Gasteiger partial charge on any atom is -0.282 e. The standard InChI is InChI=1S/C6H7NO2S/c1-2-3-4-5(8)7-6(9)10-4/h3H,2H2,1H3,(H,7,8,9). The molecule has 0 spiro atoms. The predicted molar refractivity (Wildman–Crippen MR) is 39.5 cm³/mol. The number of hydrogen-bond acceptors (Lipinski definition) is 3. The lowest BCUT2D eigenvalue weighted by atomic mass is 10.4. The number of hydrogen-bond donors (Lipinski definition) is 1. The Morgan fingerprint density at radius 1 is 1.60 bits per heavy atom. The van der Waals surface area contributed by atoms with Gasteiger partial charge in [-0.3, -0.25) is 14.9 Å². The van der Waals surface area contributed by atoms with E-state index in [1.165, 1.54) is 0 Å². The molecule has 1 saturated heterocycles. The van der Waals surface area contributed by atoms with Gasteiger partial charge in [0.2, 0.25) is 0 Å². The molecular weight excluding hydrogens is 150 g/mol. The van der Waals surface area contributed by atoms with Gasteiger partial charge in [0.25, 0.3) is 11.1 Å². The number of allylic oxidation sites excluding steroid dienone is 1. The number of nitrogens with one attached hydrogen (secondary N) is 1. The van der Waals surface area contributed by atoms with Crippen LogP contribution in [0.3, 0.4) is 0 Å². The maximum absolute atomic E-state index is 10.8. The smallest absolute Gasteiger partial charge is 0.282 e. The Balaban J connectivity index is 2.72. The topological polar surface area (TPSA) is 46.2 Å². The molecule has 0 bridgehead atoms. The zero-order chi connectivity index (χ0) is 7.56. The molecule has 54 valence electrons. The van der Waals surface area contributed by atoms with Gasteiger partial charge in [0.15, 0.2) is 0 Å². The first-order valence-electron chi connectivity index (χ1n) is 2.97. The summed E-state index contributed by atoms with van der Waals surface area (Å²) >= 11 is 0.960. The molecule has 0 aromatic carbocycles. The first kappa shape index (κ1) is 7.34. The van der Waals surface area contributed by atoms with Crippen molar-refractivity contribution in [3.8, 4) is 0 Å². The first-order chi connectivity index (χ1) is 4.74. The average molecular weight is 157 g/mol. The largest absolute Gasteiger partial charge is 0.290 e. The lowest BCUT2D eigenvalue weighted by Gasteiger charge is -1.85. The minimum atomic E-state index is -0.273. The number of imide groups is 1. The van der Waals surface area contributed by atoms with E-state index in [0.29, 0.717) is 4.91 Å². The molecule has 0 radical (unpaired) electrons. The second-order valence-electron chi connectivity index (χ2n) is 1.82. The van der Waals surface area contributed by atoms with E-state index >= 15 is 0 Å². The van der Waals surface area contributed by atoms with Crippen LogP contribution in [0.25, 0.3) is 0 Å². The molecular formula is C6H7NO2S. The molecule has 0 atom stereocenters. The highest BCUT2D eigenvalue weighted by molar-refractivity contribution is 8.18. The Hall–Kier alpha value is -0.770. The van der Waals surface area contributed by atoms with Gasteiger partial charge in [-0.15, -0.1) is 0 Å². The van der Waals surface area contributed by atoms with Gasteiger partial charge in [-0.2, -0.15) is 0 Å². The van der Waals surface area contributed by atoms with Crippen molar-refractivity contribution in [3.63, 3.8) is 0 Å². The SMILES string of the molecule is CCC=C1SC(=O)NC1=O. The summed E-state index contributed by atoms with van der Waals surface area (Å²) in [7, 11) is 0. The average Bonchev–Trinajstić information content (AvgIpc) is 2.13. The molecule has 2 amide bonds. The Labute approximate surface area is 62.9 Å². The Kier molecular flexibility index (Phi) is 2.11. The van der Waals surface area contributed by atoms with Crippen LogP contribution in [-0.2, 0) is 4.79 Å². The lowest BCUT2D eigenvalue weighted by Crippen LogP contribution is -2.17. The summed E-state index contributed by atoms with van der Waals surface area (Å²) in [4.78, 5) is 21.8. The molecule has 1 rings (SSSR count). The summed E-state index contributed by atoms with van der Waals surface area (Å²) in [5.41, 5.74) is 0. The van der Waals surface area contributed by atoms with Crippen LogP contribution in [0.4, 0.5) is 4.79 Å². The van der Waals surface area contributed by atoms with Gasteiger partial charge < -0.3 is 0 Å². The highest BCUT2D eigenvalue weighted by atomic mass is 32.2. The molecule has 0 aliphatic carbocycles. The Bertz CT molecular complexity index is 210. The maximum atomic E-state index is 10.8. The third-order valence-corrected chi connectivity index (χ3v) is 1.89. The molecule has 1 aliphatic heterocycles. The van der Waals surface area contributed by atoms with Crippen LogP contribution in [0.1, 0.15) is 13.3 Å². The molecule has 10 heavy (non-hydrogen) atoms. The van der Waals surface area contributed by atoms with E-state index in [9.17, 15) is 9.59 Å². The molecule has 1 fully saturated rings. The summed E-state index contributed by atoms with van der Waals surface area (Å²) in [5, 5.41) is 1.90. The summed E-state index contributed by atoms with van der Waals surface area (Å²) in [6.45, 7) is 1.92. The molecule has 1 aliphatic rings. The van der Waals surface area contributed by atoms with Crippen molar-refractivity contribution in [1.29, 1.82) is 0 Å². The van der Waals surface area contributed by atoms with E-state index in [1.54, 1.807) is 6.08 Å². The van der Waals surface area contributed by atoms with Crippen LogP contribution in [-0.4, -0.2) is 11.1 Å². The van der Waals surface area contributed by atoms with Crippen molar-refractivity contribution in [2.24, 2.45) is 0 Å². The summed E-state index contributed by atoms with van der Waals surface area (Å²) in [5.74, 6) is -0.267. The maximum Gasteiger partial charge on any atom is 0.290 e. The molecule has 0 saturated carbocycles. The van der Waals surface area contributed by atoms with Crippen LogP contribution in [0.15, 0.2) is 11.0 Å². The van der Waals surface area contributed by atoms with Gasteiger partial charge in [-0.05, 0) is 18.2 Å². The molecule has 0 unspecified atom stereocenters. The van der Waals surface area contributed by atoms with Crippen LogP contribution in [0.5, 0.6) is 0 Å². The van der Waals surface area contributed by atoms with Gasteiger partial charge >= 0.3 is 0 Å². The molecule has 1 heterocycles. The van der Waals surface area contributed by atoms with Crippen LogP contribution in [0, 0.1) is 0 Å². The monoisotopic (exact) mass is 157 g/mol. The Morgan fingerprint density at radius 2 is 2.30 bits per heavy atom. The number of rotatable bonds is 1. The normalized spacial score (nSPS) is 21.9. The lowest BCUT2D eigenvalue weighted by molar-refractivity contribution is -0.115. The fourth-order valence-corrected chi connectivity index (χ4v) is 1.38. The first-order valence-corrected chi connectivity index (χ1v) is 3.79. The molecule has 4 heteroatoms. The van der Waals surface area contributed by atoms with Gasteiger partial charge in [-0.1, -0.05) is 13.0 Å². The molecule has 0 aromatic rings. The number of amides is 2. The van der Waals surface area contributed by atoms with Crippen molar-refractivity contribution in [2.45, 2.75) is 13.3 Å². The number of thioether (sulfide) groups is 1. The van der Waals surface area contributed by atoms with Crippen molar-refractivity contribution in [1.82, 2.24) is 5.32 Å². The fourth-order valence-electron chi connectivity index (χ4n) is 0.646. The third kappa shape index (κ3) is 1.39. The summed E-state index contributed by atoms with van der Waals surface area (Å²) < 4.78 is 0. The second kappa shape index (κ2) is 2.88. The second-order valence-corrected chi connectivity index (χ2v) is 2.84. The van der Waals surface area contributed by atoms with Crippen molar-refractivity contribution in [2.75, 3.05) is 0 Å². The molecule has 1 N–H and O–H groups in total.